The van der Waals surface area contributed by atoms with E-state index in [1.165, 1.54) is 23.8 Å². The van der Waals surface area contributed by atoms with Gasteiger partial charge in [-0.1, -0.05) is 23.2 Å². The molecule has 1 aliphatic heterocycles. The van der Waals surface area contributed by atoms with Crippen molar-refractivity contribution in [1.29, 1.82) is 0 Å². The number of ether oxygens (including phenoxy) is 1. The summed E-state index contributed by atoms with van der Waals surface area (Å²) in [5.41, 5.74) is 0.473. The second-order valence-corrected chi connectivity index (χ2v) is 7.83. The molecular weight excluding hydrogens is 347 g/mol. The van der Waals surface area contributed by atoms with Crippen LogP contribution < -0.4 is 5.32 Å². The van der Waals surface area contributed by atoms with Gasteiger partial charge >= 0.3 is 12.0 Å². The Morgan fingerprint density at radius 3 is 2.45 bits per heavy atom. The molecule has 2 amide bonds. The van der Waals surface area contributed by atoms with Crippen LogP contribution in [-0.4, -0.2) is 40.7 Å². The van der Waals surface area contributed by atoms with Crippen molar-refractivity contribution in [2.24, 2.45) is 0 Å². The second-order valence-electron chi connectivity index (χ2n) is 5.36. The number of benzene rings is 1. The minimum atomic E-state index is -0.655. The molecule has 8 heteroatoms. The normalized spacial score (nSPS) is 19.9. The number of carbonyl (C=O) groups excluding carboxylic acids is 2. The maximum absolute atomic E-state index is 12.5. The number of amides is 2. The zero-order valence-electron chi connectivity index (χ0n) is 12.4. The van der Waals surface area contributed by atoms with Crippen LogP contribution in [0.15, 0.2) is 18.2 Å². The summed E-state index contributed by atoms with van der Waals surface area (Å²) >= 11 is 13.3. The first-order valence-electron chi connectivity index (χ1n) is 6.50. The Morgan fingerprint density at radius 1 is 1.32 bits per heavy atom. The van der Waals surface area contributed by atoms with E-state index in [0.29, 0.717) is 21.6 Å². The minimum Gasteiger partial charge on any atom is -0.467 e. The number of nitrogens with zero attached hydrogens (tertiary/aromatic N) is 1. The largest absolute Gasteiger partial charge is 0.467 e. The fourth-order valence-electron chi connectivity index (χ4n) is 2.28. The Morgan fingerprint density at radius 2 is 1.91 bits per heavy atom. The third-order valence-electron chi connectivity index (χ3n) is 3.34. The lowest BCUT2D eigenvalue weighted by Crippen LogP contribution is -2.50. The van der Waals surface area contributed by atoms with Gasteiger partial charge in [-0.3, -0.25) is 0 Å². The third kappa shape index (κ3) is 3.62. The molecule has 1 heterocycles. The standard InChI is InChI=1S/C14H16Cl2N2O3S/c1-14(2)11(12(19)21-3)18(7-22-14)13(20)17-10-5-8(15)4-9(16)6-10/h4-6,11H,7H2,1-3H3,(H,17,20). The van der Waals surface area contributed by atoms with E-state index in [-0.39, 0.29) is 0 Å². The van der Waals surface area contributed by atoms with Crippen molar-refractivity contribution in [1.82, 2.24) is 4.90 Å². The molecule has 1 fully saturated rings. The summed E-state index contributed by atoms with van der Waals surface area (Å²) in [5, 5.41) is 3.55. The monoisotopic (exact) mass is 362 g/mol. The summed E-state index contributed by atoms with van der Waals surface area (Å²) in [6.07, 6.45) is 0. The molecule has 0 saturated carbocycles. The molecular formula is C14H16Cl2N2O3S. The zero-order valence-corrected chi connectivity index (χ0v) is 14.7. The van der Waals surface area contributed by atoms with Crippen LogP contribution >= 0.6 is 35.0 Å². The van der Waals surface area contributed by atoms with Gasteiger partial charge in [-0.2, -0.15) is 0 Å². The lowest BCUT2D eigenvalue weighted by Gasteiger charge is -2.28. The third-order valence-corrected chi connectivity index (χ3v) is 5.16. The van der Waals surface area contributed by atoms with Crippen LogP contribution in [0.3, 0.4) is 0 Å². The molecule has 1 aromatic rings. The SMILES string of the molecule is COC(=O)C1N(C(=O)Nc2cc(Cl)cc(Cl)c2)CSC1(C)C. The molecule has 0 bridgehead atoms. The number of halogens is 2. The van der Waals surface area contributed by atoms with Gasteiger partial charge in [0, 0.05) is 20.5 Å². The van der Waals surface area contributed by atoms with E-state index >= 15 is 0 Å². The summed E-state index contributed by atoms with van der Waals surface area (Å²) in [6.45, 7) is 3.81. The van der Waals surface area contributed by atoms with Crippen LogP contribution in [0.25, 0.3) is 0 Å². The number of anilines is 1. The first-order valence-corrected chi connectivity index (χ1v) is 8.24. The molecule has 1 unspecified atom stereocenters. The van der Waals surface area contributed by atoms with Crippen molar-refractivity contribution in [2.75, 3.05) is 18.3 Å². The van der Waals surface area contributed by atoms with Gasteiger partial charge in [-0.25, -0.2) is 9.59 Å². The fourth-order valence-corrected chi connectivity index (χ4v) is 3.93. The van der Waals surface area contributed by atoms with Crippen molar-refractivity contribution < 1.29 is 14.3 Å². The Labute approximate surface area is 143 Å². The first kappa shape index (κ1) is 17.2. The highest BCUT2D eigenvalue weighted by Crippen LogP contribution is 2.40. The van der Waals surface area contributed by atoms with Crippen molar-refractivity contribution in [3.63, 3.8) is 0 Å². The Kier molecular flexibility index (Phi) is 5.14. The topological polar surface area (TPSA) is 58.6 Å². The van der Waals surface area contributed by atoms with Gasteiger partial charge in [0.05, 0.1) is 13.0 Å². The number of esters is 1. The molecule has 0 aromatic heterocycles. The Hall–Kier alpha value is -1.11. The Balaban J connectivity index is 2.19. The van der Waals surface area contributed by atoms with Crippen molar-refractivity contribution in [3.8, 4) is 0 Å². The number of nitrogens with one attached hydrogen (secondary N) is 1. The average molecular weight is 363 g/mol. The number of hydrogen-bond acceptors (Lipinski definition) is 4. The summed E-state index contributed by atoms with van der Waals surface area (Å²) in [5.74, 6) is -0.0401. The van der Waals surface area contributed by atoms with Crippen LogP contribution in [0.5, 0.6) is 0 Å². The second kappa shape index (κ2) is 6.56. The number of rotatable bonds is 2. The van der Waals surface area contributed by atoms with Gasteiger partial charge in [-0.15, -0.1) is 11.8 Å². The van der Waals surface area contributed by atoms with Crippen molar-refractivity contribution in [3.05, 3.63) is 28.2 Å². The molecule has 5 nitrogen and oxygen atoms in total. The fraction of sp³-hybridized carbons (Fsp3) is 0.429. The van der Waals surface area contributed by atoms with Crippen LogP contribution in [0.4, 0.5) is 10.5 Å². The van der Waals surface area contributed by atoms with E-state index in [9.17, 15) is 9.59 Å². The smallest absolute Gasteiger partial charge is 0.330 e. The van der Waals surface area contributed by atoms with Gasteiger partial charge in [0.25, 0.3) is 0 Å². The summed E-state index contributed by atoms with van der Waals surface area (Å²) in [6, 6.07) is 3.70. The van der Waals surface area contributed by atoms with Crippen LogP contribution in [-0.2, 0) is 9.53 Å². The molecule has 1 aromatic carbocycles. The lowest BCUT2D eigenvalue weighted by molar-refractivity contribution is -0.145. The average Bonchev–Trinajstić information content (AvgIpc) is 2.72. The maximum atomic E-state index is 12.5. The quantitative estimate of drug-likeness (QED) is 0.811. The van der Waals surface area contributed by atoms with Gasteiger partial charge in [0.15, 0.2) is 0 Å². The van der Waals surface area contributed by atoms with Gasteiger partial charge in [-0.05, 0) is 32.0 Å². The molecule has 1 N–H and O–H groups in total. The number of urea groups is 1. The highest BCUT2D eigenvalue weighted by Gasteiger charge is 2.48. The number of methoxy groups -OCH3 is 1. The van der Waals surface area contributed by atoms with E-state index in [1.807, 2.05) is 13.8 Å². The van der Waals surface area contributed by atoms with E-state index < -0.39 is 22.8 Å². The van der Waals surface area contributed by atoms with Crippen molar-refractivity contribution in [2.45, 2.75) is 24.6 Å². The van der Waals surface area contributed by atoms with E-state index in [2.05, 4.69) is 5.32 Å². The van der Waals surface area contributed by atoms with Crippen LogP contribution in [0.2, 0.25) is 10.0 Å². The highest BCUT2D eigenvalue weighted by atomic mass is 35.5. The number of carbonyl (C=O) groups is 2. The summed E-state index contributed by atoms with van der Waals surface area (Å²) in [7, 11) is 1.31. The van der Waals surface area contributed by atoms with Gasteiger partial charge < -0.3 is 15.0 Å². The molecule has 0 aliphatic carbocycles. The molecule has 0 spiro atoms. The van der Waals surface area contributed by atoms with E-state index in [0.717, 1.165) is 0 Å². The van der Waals surface area contributed by atoms with Gasteiger partial charge in [0.1, 0.15) is 6.04 Å². The predicted molar refractivity (Wildman–Crippen MR) is 89.7 cm³/mol. The zero-order chi connectivity index (χ0) is 16.5. The molecule has 2 rings (SSSR count). The summed E-state index contributed by atoms with van der Waals surface area (Å²) < 4.78 is 4.40. The molecule has 1 saturated heterocycles. The molecule has 0 radical (unpaired) electrons. The first-order chi connectivity index (χ1) is 10.2. The minimum absolute atomic E-state index is 0.396. The van der Waals surface area contributed by atoms with E-state index in [1.54, 1.807) is 18.2 Å². The molecule has 1 aliphatic rings. The Bertz CT molecular complexity index is 590. The number of thioether (sulfide) groups is 1. The van der Waals surface area contributed by atoms with Gasteiger partial charge in [0.2, 0.25) is 0 Å². The highest BCUT2D eigenvalue weighted by molar-refractivity contribution is 8.00. The molecule has 22 heavy (non-hydrogen) atoms. The van der Waals surface area contributed by atoms with Crippen LogP contribution in [0, 0.1) is 0 Å². The van der Waals surface area contributed by atoms with E-state index in [4.69, 9.17) is 27.9 Å². The van der Waals surface area contributed by atoms with Crippen molar-refractivity contribution >= 4 is 52.7 Å². The lowest BCUT2D eigenvalue weighted by atomic mass is 10.0. The van der Waals surface area contributed by atoms with Crippen LogP contribution in [0.1, 0.15) is 13.8 Å². The number of hydrogen-bond donors (Lipinski definition) is 1. The predicted octanol–water partition coefficient (Wildman–Crippen LogP) is 3.85. The molecule has 1 atom stereocenters. The summed E-state index contributed by atoms with van der Waals surface area (Å²) in [4.78, 5) is 25.9. The maximum Gasteiger partial charge on any atom is 0.330 e. The molecule has 120 valence electrons.